The minimum atomic E-state index is -4.87. The van der Waals surface area contributed by atoms with Crippen molar-refractivity contribution in [3.63, 3.8) is 0 Å². The molecule has 3 rings (SSSR count). The third kappa shape index (κ3) is 3.84. The summed E-state index contributed by atoms with van der Waals surface area (Å²) in [5, 5.41) is 1.18. The first-order chi connectivity index (χ1) is 11.8. The number of amides is 2. The van der Waals surface area contributed by atoms with Gasteiger partial charge in [-0.1, -0.05) is 30.3 Å². The molecule has 0 aliphatic carbocycles. The Morgan fingerprint density at radius 3 is 2.54 bits per heavy atom. The first-order valence-corrected chi connectivity index (χ1v) is 8.54. The quantitative estimate of drug-likeness (QED) is 0.182. The summed E-state index contributed by atoms with van der Waals surface area (Å²) in [7, 11) is -4.87. The van der Waals surface area contributed by atoms with Crippen LogP contribution in [0.5, 0.6) is 0 Å². The number of hydrogen-bond donors (Lipinski definition) is 1. The van der Waals surface area contributed by atoms with Crippen LogP contribution in [0.3, 0.4) is 0 Å². The SMILES string of the molecule is O=C=C(OC(=O)NN1CC[C@@H]2[C@H]1C(=O)N2S(=O)(=O)[O-])c1ccccc1.[Na+]. The van der Waals surface area contributed by atoms with Gasteiger partial charge in [-0.05, 0) is 6.42 Å². The molecule has 132 valence electrons. The third-order valence-electron chi connectivity index (χ3n) is 3.94. The van der Waals surface area contributed by atoms with E-state index in [9.17, 15) is 27.4 Å². The van der Waals surface area contributed by atoms with Gasteiger partial charge in [0, 0.05) is 12.1 Å². The summed E-state index contributed by atoms with van der Waals surface area (Å²) in [6, 6.07) is 6.34. The van der Waals surface area contributed by atoms with Crippen LogP contribution in [-0.2, 0) is 24.6 Å². The Kier molecular flexibility index (Phi) is 6.25. The van der Waals surface area contributed by atoms with Gasteiger partial charge in [-0.25, -0.2) is 27.3 Å². The number of fused-ring (bicyclic) bond motifs is 1. The molecular formula is C14H12N3NaO7S. The Balaban J connectivity index is 0.00000243. The molecular weight excluding hydrogens is 377 g/mol. The van der Waals surface area contributed by atoms with Crippen molar-refractivity contribution in [2.75, 3.05) is 6.54 Å². The van der Waals surface area contributed by atoms with E-state index in [4.69, 9.17) is 4.74 Å². The van der Waals surface area contributed by atoms with Gasteiger partial charge in [-0.2, -0.15) is 0 Å². The molecule has 2 saturated heterocycles. The van der Waals surface area contributed by atoms with E-state index < -0.39 is 34.4 Å². The van der Waals surface area contributed by atoms with Gasteiger partial charge in [0.15, 0.2) is 16.2 Å². The minimum Gasteiger partial charge on any atom is -0.731 e. The van der Waals surface area contributed by atoms with Gasteiger partial charge in [0.05, 0.1) is 6.04 Å². The third-order valence-corrected chi connectivity index (χ3v) is 4.87. The van der Waals surface area contributed by atoms with Crippen molar-refractivity contribution in [1.29, 1.82) is 0 Å². The van der Waals surface area contributed by atoms with Crippen LogP contribution in [0.25, 0.3) is 5.76 Å². The zero-order valence-corrected chi connectivity index (χ0v) is 16.4. The van der Waals surface area contributed by atoms with Gasteiger partial charge in [0.2, 0.25) is 5.76 Å². The molecule has 2 aliphatic heterocycles. The van der Waals surface area contributed by atoms with Gasteiger partial charge in [-0.15, -0.1) is 0 Å². The standard InChI is InChI=1S/C14H13N3O7S.Na/c18-8-11(9-4-2-1-3-5-9)24-14(20)15-16-7-6-10-12(16)13(19)17(10)25(21,22)23;/h1-5,10,12H,6-7H2,(H,15,20)(H,21,22,23);/q;+1/p-1/t10-,12+;/m1./s1. The van der Waals surface area contributed by atoms with Crippen LogP contribution in [0.15, 0.2) is 30.3 Å². The fourth-order valence-electron chi connectivity index (χ4n) is 2.89. The molecule has 1 aromatic rings. The van der Waals surface area contributed by atoms with Crippen molar-refractivity contribution >= 4 is 34.0 Å². The molecule has 2 amide bonds. The zero-order valence-electron chi connectivity index (χ0n) is 13.6. The second-order valence-electron chi connectivity index (χ2n) is 5.38. The first kappa shape index (κ1) is 20.6. The van der Waals surface area contributed by atoms with Crippen molar-refractivity contribution in [3.05, 3.63) is 35.9 Å². The van der Waals surface area contributed by atoms with Crippen LogP contribution < -0.4 is 35.0 Å². The molecule has 10 nitrogen and oxygen atoms in total. The van der Waals surface area contributed by atoms with Crippen LogP contribution in [0, 0.1) is 0 Å². The topological polar surface area (TPSA) is 136 Å². The number of benzene rings is 1. The first-order valence-electron chi connectivity index (χ1n) is 7.17. The Bertz CT molecular complexity index is 870. The molecule has 1 aromatic carbocycles. The second-order valence-corrected chi connectivity index (χ2v) is 6.63. The largest absolute Gasteiger partial charge is 1.00 e. The molecule has 0 radical (unpaired) electrons. The van der Waals surface area contributed by atoms with E-state index >= 15 is 0 Å². The van der Waals surface area contributed by atoms with E-state index in [0.29, 0.717) is 5.56 Å². The number of carbonyl (C=O) groups is 2. The summed E-state index contributed by atoms with van der Waals surface area (Å²) in [5.74, 6) is 0.267. The van der Waals surface area contributed by atoms with Crippen LogP contribution in [0.1, 0.15) is 12.0 Å². The monoisotopic (exact) mass is 389 g/mol. The van der Waals surface area contributed by atoms with E-state index in [1.807, 2.05) is 0 Å². The summed E-state index contributed by atoms with van der Waals surface area (Å²) in [5.41, 5.74) is 2.62. The van der Waals surface area contributed by atoms with E-state index in [0.717, 1.165) is 0 Å². The molecule has 26 heavy (non-hydrogen) atoms. The molecule has 0 spiro atoms. The predicted molar refractivity (Wildman–Crippen MR) is 80.6 cm³/mol. The summed E-state index contributed by atoms with van der Waals surface area (Å²) in [6.45, 7) is 0.146. The number of nitrogens with zero attached hydrogens (tertiary/aromatic N) is 2. The maximum atomic E-state index is 11.9. The average Bonchev–Trinajstić information content (AvgIpc) is 2.89. The van der Waals surface area contributed by atoms with Crippen LogP contribution in [-0.4, -0.2) is 58.9 Å². The van der Waals surface area contributed by atoms with Crippen LogP contribution in [0.2, 0.25) is 0 Å². The number of nitrogens with one attached hydrogen (secondary N) is 1. The molecule has 0 unspecified atom stereocenters. The molecule has 2 heterocycles. The Morgan fingerprint density at radius 1 is 1.31 bits per heavy atom. The van der Waals surface area contributed by atoms with Gasteiger partial charge in [0.25, 0.3) is 5.91 Å². The Hall–Kier alpha value is -1.72. The zero-order chi connectivity index (χ0) is 18.2. The molecule has 2 atom stereocenters. The van der Waals surface area contributed by atoms with Gasteiger partial charge < -0.3 is 9.29 Å². The van der Waals surface area contributed by atoms with E-state index in [-0.39, 0.29) is 52.6 Å². The maximum Gasteiger partial charge on any atom is 1.00 e. The molecule has 0 bridgehead atoms. The van der Waals surface area contributed by atoms with Crippen LogP contribution >= 0.6 is 0 Å². The molecule has 0 aromatic heterocycles. The number of ether oxygens (including phenoxy) is 1. The van der Waals surface area contributed by atoms with E-state index in [1.165, 1.54) is 11.0 Å². The number of hydrazine groups is 1. The maximum absolute atomic E-state index is 11.9. The van der Waals surface area contributed by atoms with Crippen molar-refractivity contribution in [1.82, 2.24) is 14.7 Å². The second kappa shape index (κ2) is 7.89. The number of carbonyl (C=O) groups excluding carboxylic acids is 3. The molecule has 2 fully saturated rings. The van der Waals surface area contributed by atoms with Gasteiger partial charge >= 0.3 is 35.7 Å². The summed E-state index contributed by atoms with van der Waals surface area (Å²) in [6.07, 6.45) is -0.827. The smallest absolute Gasteiger partial charge is 0.731 e. The van der Waals surface area contributed by atoms with Crippen molar-refractivity contribution < 1.29 is 61.6 Å². The Labute approximate surface area is 170 Å². The molecule has 1 N–H and O–H groups in total. The minimum absolute atomic E-state index is 0. The number of rotatable bonds is 4. The summed E-state index contributed by atoms with van der Waals surface area (Å²) < 4.78 is 38.2. The van der Waals surface area contributed by atoms with Gasteiger partial charge in [-0.3, -0.25) is 10.2 Å². The predicted octanol–water partition coefficient (Wildman–Crippen LogP) is -3.75. The average molecular weight is 389 g/mol. The van der Waals surface area contributed by atoms with E-state index in [1.54, 1.807) is 30.3 Å². The Morgan fingerprint density at radius 2 is 1.96 bits per heavy atom. The fraction of sp³-hybridized carbons (Fsp3) is 0.286. The molecule has 12 heteroatoms. The van der Waals surface area contributed by atoms with Crippen LogP contribution in [0.4, 0.5) is 4.79 Å². The molecule has 0 saturated carbocycles. The number of hydrogen-bond acceptors (Lipinski definition) is 8. The fourth-order valence-corrected chi connectivity index (χ4v) is 3.77. The van der Waals surface area contributed by atoms with Crippen molar-refractivity contribution in [3.8, 4) is 0 Å². The normalized spacial score (nSPS) is 21.7. The van der Waals surface area contributed by atoms with Crippen molar-refractivity contribution in [2.24, 2.45) is 0 Å². The van der Waals surface area contributed by atoms with Crippen molar-refractivity contribution in [2.45, 2.75) is 18.5 Å². The summed E-state index contributed by atoms with van der Waals surface area (Å²) in [4.78, 5) is 34.7. The summed E-state index contributed by atoms with van der Waals surface area (Å²) >= 11 is 0. The molecule has 2 aliphatic rings. The van der Waals surface area contributed by atoms with E-state index in [2.05, 4.69) is 5.43 Å². The number of β-lactam (4-membered cyclic amide) rings is 1. The van der Waals surface area contributed by atoms with Gasteiger partial charge in [0.1, 0.15) is 6.04 Å².